The normalized spacial score (nSPS) is 11.3. The Labute approximate surface area is 158 Å². The molecule has 0 aliphatic heterocycles. The molecule has 27 heavy (non-hydrogen) atoms. The molecule has 0 aliphatic carbocycles. The van der Waals surface area contributed by atoms with Crippen LogP contribution in [0.15, 0.2) is 67.3 Å². The fourth-order valence-corrected chi connectivity index (χ4v) is 3.06. The van der Waals surface area contributed by atoms with Gasteiger partial charge in [-0.2, -0.15) is 0 Å². The zero-order valence-corrected chi connectivity index (χ0v) is 15.5. The van der Waals surface area contributed by atoms with Gasteiger partial charge in [0.15, 0.2) is 0 Å². The highest BCUT2D eigenvalue weighted by molar-refractivity contribution is 6.16. The summed E-state index contributed by atoms with van der Waals surface area (Å²) < 4.78 is 10.8. The summed E-state index contributed by atoms with van der Waals surface area (Å²) in [5.74, 6) is -0.875. The van der Waals surface area contributed by atoms with Crippen LogP contribution < -0.4 is 0 Å². The summed E-state index contributed by atoms with van der Waals surface area (Å²) in [6.07, 6.45) is 1.51. The van der Waals surface area contributed by atoms with Crippen LogP contribution in [0.1, 0.15) is 30.6 Å². The number of carbonyl (C=O) groups excluding carboxylic acids is 2. The Balaban J connectivity index is 1.85. The number of fused-ring (bicyclic) bond motifs is 2. The molecule has 0 saturated heterocycles. The van der Waals surface area contributed by atoms with Crippen molar-refractivity contribution < 1.29 is 19.1 Å². The number of hydrogen-bond acceptors (Lipinski definition) is 4. The highest BCUT2D eigenvalue weighted by Crippen LogP contribution is 2.29. The van der Waals surface area contributed by atoms with Crippen molar-refractivity contribution in [2.24, 2.45) is 0 Å². The van der Waals surface area contributed by atoms with E-state index in [-0.39, 0.29) is 12.6 Å². The molecule has 4 nitrogen and oxygen atoms in total. The van der Waals surface area contributed by atoms with Gasteiger partial charge >= 0.3 is 11.9 Å². The Morgan fingerprint density at radius 3 is 2.11 bits per heavy atom. The lowest BCUT2D eigenvalue weighted by Crippen LogP contribution is -2.29. The number of esters is 2. The molecule has 138 valence electrons. The molecule has 0 atom stereocenters. The second-order valence-electron chi connectivity index (χ2n) is 6.96. The molecule has 4 heteroatoms. The van der Waals surface area contributed by atoms with Gasteiger partial charge in [0.1, 0.15) is 5.60 Å². The van der Waals surface area contributed by atoms with E-state index in [1.165, 1.54) is 0 Å². The molecule has 0 amide bonds. The van der Waals surface area contributed by atoms with Gasteiger partial charge in [0.2, 0.25) is 0 Å². The molecule has 3 aromatic carbocycles. The number of hydrogen-bond donors (Lipinski definition) is 0. The van der Waals surface area contributed by atoms with Gasteiger partial charge in [0.25, 0.3) is 0 Å². The van der Waals surface area contributed by atoms with Gasteiger partial charge < -0.3 is 9.47 Å². The van der Waals surface area contributed by atoms with E-state index in [0.717, 1.165) is 27.6 Å². The molecule has 0 aliphatic rings. The van der Waals surface area contributed by atoms with Gasteiger partial charge in [-0.25, -0.2) is 9.59 Å². The summed E-state index contributed by atoms with van der Waals surface area (Å²) in [4.78, 5) is 24.3. The monoisotopic (exact) mass is 362 g/mol. The summed E-state index contributed by atoms with van der Waals surface area (Å²) in [7, 11) is 0. The molecular formula is C23H22O4. The third-order valence-corrected chi connectivity index (χ3v) is 4.46. The minimum Gasteiger partial charge on any atom is -0.462 e. The molecule has 0 N–H and O–H groups in total. The lowest BCUT2D eigenvalue weighted by molar-refractivity contribution is -0.151. The number of carbonyl (C=O) groups is 2. The van der Waals surface area contributed by atoms with Crippen LogP contribution in [0.4, 0.5) is 0 Å². The molecule has 0 saturated carbocycles. The van der Waals surface area contributed by atoms with Gasteiger partial charge in [-0.15, -0.1) is 0 Å². The van der Waals surface area contributed by atoms with Crippen molar-refractivity contribution >= 4 is 33.5 Å². The first-order chi connectivity index (χ1) is 12.9. The van der Waals surface area contributed by atoms with Crippen LogP contribution in [0.3, 0.4) is 0 Å². The Hall–Kier alpha value is -3.14. The lowest BCUT2D eigenvalue weighted by atomic mass is 9.97. The minimum atomic E-state index is -0.744. The van der Waals surface area contributed by atoms with E-state index in [2.05, 4.69) is 12.6 Å². The summed E-state index contributed by atoms with van der Waals surface area (Å²) in [6.45, 7) is 7.08. The van der Waals surface area contributed by atoms with Crippen molar-refractivity contribution in [2.45, 2.75) is 25.9 Å². The predicted octanol–water partition coefficient (Wildman–Crippen LogP) is 5.05. The van der Waals surface area contributed by atoms with E-state index < -0.39 is 11.6 Å². The van der Waals surface area contributed by atoms with E-state index in [0.29, 0.717) is 12.0 Å². The van der Waals surface area contributed by atoms with E-state index in [9.17, 15) is 9.59 Å². The average Bonchev–Trinajstić information content (AvgIpc) is 2.65. The second kappa shape index (κ2) is 7.62. The molecule has 0 aromatic heterocycles. The van der Waals surface area contributed by atoms with Crippen LogP contribution in [-0.4, -0.2) is 24.1 Å². The zero-order chi connectivity index (χ0) is 19.4. The Bertz CT molecular complexity index is 963. The van der Waals surface area contributed by atoms with E-state index in [4.69, 9.17) is 9.47 Å². The highest BCUT2D eigenvalue weighted by Gasteiger charge is 2.23. The van der Waals surface area contributed by atoms with Crippen molar-refractivity contribution in [1.29, 1.82) is 0 Å². The first kappa shape index (κ1) is 18.6. The molecule has 0 spiro atoms. The minimum absolute atomic E-state index is 0.147. The summed E-state index contributed by atoms with van der Waals surface area (Å²) in [6, 6.07) is 17.6. The lowest BCUT2D eigenvalue weighted by Gasteiger charge is -2.24. The van der Waals surface area contributed by atoms with Crippen LogP contribution >= 0.6 is 0 Å². The van der Waals surface area contributed by atoms with E-state index in [1.807, 2.05) is 48.5 Å². The van der Waals surface area contributed by atoms with Gasteiger partial charge in [-0.05, 0) is 41.5 Å². The van der Waals surface area contributed by atoms with Crippen molar-refractivity contribution in [3.05, 3.63) is 72.8 Å². The molecule has 0 radical (unpaired) electrons. The maximum absolute atomic E-state index is 12.9. The maximum atomic E-state index is 12.9. The van der Waals surface area contributed by atoms with Crippen molar-refractivity contribution in [3.8, 4) is 0 Å². The highest BCUT2D eigenvalue weighted by atomic mass is 16.6. The first-order valence-corrected chi connectivity index (χ1v) is 8.84. The topological polar surface area (TPSA) is 52.6 Å². The largest absolute Gasteiger partial charge is 0.462 e. The molecule has 0 unspecified atom stereocenters. The van der Waals surface area contributed by atoms with Gasteiger partial charge in [0, 0.05) is 12.5 Å². The summed E-state index contributed by atoms with van der Waals surface area (Å²) in [5.41, 5.74) is -0.184. The van der Waals surface area contributed by atoms with Gasteiger partial charge in [-0.1, -0.05) is 55.1 Å². The SMILES string of the molecule is C=CC(=O)OC(C)(C)CCOC(=O)c1c2ccccc2cc2ccccc12. The van der Waals surface area contributed by atoms with Gasteiger partial charge in [0.05, 0.1) is 12.2 Å². The molecule has 0 bridgehead atoms. The second-order valence-corrected chi connectivity index (χ2v) is 6.96. The van der Waals surface area contributed by atoms with Crippen LogP contribution in [0.5, 0.6) is 0 Å². The number of ether oxygens (including phenoxy) is 2. The Morgan fingerprint density at radius 1 is 1.00 bits per heavy atom. The standard InChI is InChI=1S/C23H22O4/c1-4-20(24)27-23(2,3)13-14-26-22(25)21-18-11-7-5-9-16(18)15-17-10-6-8-12-19(17)21/h4-12,15H,1,13-14H2,2-3H3. The molecule has 3 aromatic rings. The van der Waals surface area contributed by atoms with Crippen molar-refractivity contribution in [1.82, 2.24) is 0 Å². The first-order valence-electron chi connectivity index (χ1n) is 8.84. The van der Waals surface area contributed by atoms with Crippen molar-refractivity contribution in [2.75, 3.05) is 6.61 Å². The molecule has 0 heterocycles. The number of rotatable bonds is 6. The smallest absolute Gasteiger partial charge is 0.339 e. The van der Waals surface area contributed by atoms with Gasteiger partial charge in [-0.3, -0.25) is 0 Å². The van der Waals surface area contributed by atoms with Crippen molar-refractivity contribution in [3.63, 3.8) is 0 Å². The summed E-state index contributed by atoms with van der Waals surface area (Å²) in [5, 5.41) is 3.70. The molecular weight excluding hydrogens is 340 g/mol. The van der Waals surface area contributed by atoms with E-state index in [1.54, 1.807) is 13.8 Å². The average molecular weight is 362 g/mol. The fourth-order valence-electron chi connectivity index (χ4n) is 3.06. The predicted molar refractivity (Wildman–Crippen MR) is 107 cm³/mol. The third kappa shape index (κ3) is 4.17. The zero-order valence-electron chi connectivity index (χ0n) is 15.5. The summed E-state index contributed by atoms with van der Waals surface area (Å²) >= 11 is 0. The third-order valence-electron chi connectivity index (χ3n) is 4.46. The fraction of sp³-hybridized carbons (Fsp3) is 0.217. The van der Waals surface area contributed by atoms with Crippen LogP contribution in [0, 0.1) is 0 Å². The Kier molecular flexibility index (Phi) is 5.26. The van der Waals surface area contributed by atoms with Crippen LogP contribution in [0.25, 0.3) is 21.5 Å². The quantitative estimate of drug-likeness (QED) is 0.350. The number of benzene rings is 3. The molecule has 0 fully saturated rings. The maximum Gasteiger partial charge on any atom is 0.339 e. The van der Waals surface area contributed by atoms with Crippen LogP contribution in [-0.2, 0) is 14.3 Å². The van der Waals surface area contributed by atoms with Crippen LogP contribution in [0.2, 0.25) is 0 Å². The Morgan fingerprint density at radius 2 is 1.56 bits per heavy atom. The molecule has 3 rings (SSSR count). The van der Waals surface area contributed by atoms with E-state index >= 15 is 0 Å².